The van der Waals surface area contributed by atoms with E-state index in [0.717, 1.165) is 45.3 Å². The van der Waals surface area contributed by atoms with Gasteiger partial charge in [-0.2, -0.15) is 0 Å². The van der Waals surface area contributed by atoms with Crippen molar-refractivity contribution in [1.29, 1.82) is 0 Å². The SMILES string of the molecule is Cc1ccc(-c2cccc(C3=C(c4ccccc4)C(c4ccccc4)=C(c4cccc(-c5ccc(C)nc5)n4)[Si]3(C)C)n2)cn1. The lowest BCUT2D eigenvalue weighted by Crippen LogP contribution is -2.29. The third-order valence-electron chi connectivity index (χ3n) is 8.55. The van der Waals surface area contributed by atoms with Crippen molar-refractivity contribution in [3.05, 3.63) is 168 Å². The van der Waals surface area contributed by atoms with Gasteiger partial charge in [0.05, 0.1) is 22.8 Å². The predicted molar refractivity (Wildman–Crippen MR) is 188 cm³/mol. The molecule has 0 bridgehead atoms. The van der Waals surface area contributed by atoms with Crippen LogP contribution < -0.4 is 0 Å². The van der Waals surface area contributed by atoms with Gasteiger partial charge in [-0.1, -0.05) is 85.9 Å². The standard InChI is InChI=1S/C40H34N4Si/c1-27-21-23-31(25-41-27)33-17-11-19-35(43-33)39-37(29-13-7-5-8-14-29)38(30-15-9-6-10-16-30)40(45(39,3)4)36-20-12-18-34(44-36)32-24-22-28(2)42-26-32/h5-26H,1-4H3. The second-order valence-corrected chi connectivity index (χ2v) is 16.3. The van der Waals surface area contributed by atoms with Gasteiger partial charge >= 0.3 is 0 Å². The molecule has 0 saturated carbocycles. The maximum absolute atomic E-state index is 5.34. The fourth-order valence-electron chi connectivity index (χ4n) is 6.39. The first kappa shape index (κ1) is 28.5. The highest BCUT2D eigenvalue weighted by atomic mass is 28.3. The number of rotatable bonds is 6. The average molecular weight is 599 g/mol. The molecule has 0 fully saturated rings. The zero-order valence-electron chi connectivity index (χ0n) is 26.0. The van der Waals surface area contributed by atoms with Crippen LogP contribution in [0.1, 0.15) is 33.9 Å². The number of aryl methyl sites for hydroxylation is 2. The molecule has 5 heteroatoms. The molecule has 0 amide bonds. The maximum Gasteiger partial charge on any atom is 0.119 e. The third-order valence-corrected chi connectivity index (χ3v) is 12.1. The summed E-state index contributed by atoms with van der Waals surface area (Å²) in [4.78, 5) is 19.8. The summed E-state index contributed by atoms with van der Waals surface area (Å²) < 4.78 is 0. The molecule has 6 aromatic rings. The molecule has 1 aliphatic rings. The van der Waals surface area contributed by atoms with Gasteiger partial charge in [0.2, 0.25) is 0 Å². The van der Waals surface area contributed by atoms with E-state index in [1.807, 2.05) is 38.4 Å². The molecule has 0 N–H and O–H groups in total. The monoisotopic (exact) mass is 598 g/mol. The van der Waals surface area contributed by atoms with Gasteiger partial charge in [0, 0.05) is 34.9 Å². The van der Waals surface area contributed by atoms with Crippen molar-refractivity contribution in [3.8, 4) is 22.5 Å². The van der Waals surface area contributed by atoms with Crippen LogP contribution >= 0.6 is 0 Å². The van der Waals surface area contributed by atoms with E-state index >= 15 is 0 Å². The number of hydrogen-bond acceptors (Lipinski definition) is 4. The molecule has 0 unspecified atom stereocenters. The molecular weight excluding hydrogens is 565 g/mol. The molecule has 1 aliphatic heterocycles. The van der Waals surface area contributed by atoms with Gasteiger partial charge in [0.15, 0.2) is 0 Å². The minimum absolute atomic E-state index is 0.923. The lowest BCUT2D eigenvalue weighted by atomic mass is 9.90. The van der Waals surface area contributed by atoms with Crippen LogP contribution in [-0.4, -0.2) is 28.0 Å². The zero-order valence-corrected chi connectivity index (χ0v) is 27.0. The number of hydrogen-bond donors (Lipinski definition) is 0. The van der Waals surface area contributed by atoms with E-state index in [2.05, 4.69) is 132 Å². The third kappa shape index (κ3) is 5.36. The molecule has 5 heterocycles. The van der Waals surface area contributed by atoms with Crippen molar-refractivity contribution < 1.29 is 0 Å². The van der Waals surface area contributed by atoms with Crippen molar-refractivity contribution in [2.75, 3.05) is 0 Å². The lowest BCUT2D eigenvalue weighted by Gasteiger charge is -2.26. The zero-order chi connectivity index (χ0) is 31.0. The van der Waals surface area contributed by atoms with Crippen molar-refractivity contribution in [2.45, 2.75) is 26.9 Å². The highest BCUT2D eigenvalue weighted by Gasteiger charge is 2.45. The molecule has 45 heavy (non-hydrogen) atoms. The Hall–Kier alpha value is -5.26. The number of allylic oxidation sites excluding steroid dienone is 2. The number of aromatic nitrogens is 4. The Morgan fingerprint density at radius 3 is 1.18 bits per heavy atom. The Balaban J connectivity index is 1.50. The molecule has 218 valence electrons. The molecule has 0 spiro atoms. The van der Waals surface area contributed by atoms with E-state index in [9.17, 15) is 0 Å². The Labute approximate surface area is 266 Å². The van der Waals surface area contributed by atoms with Crippen LogP contribution in [0.5, 0.6) is 0 Å². The van der Waals surface area contributed by atoms with Gasteiger partial charge in [-0.05, 0) is 95.0 Å². The summed E-state index contributed by atoms with van der Waals surface area (Å²) in [5.74, 6) is 0. The molecule has 2 aromatic carbocycles. The first-order valence-corrected chi connectivity index (χ1v) is 18.3. The van der Waals surface area contributed by atoms with Crippen molar-refractivity contribution in [3.63, 3.8) is 0 Å². The summed E-state index contributed by atoms with van der Waals surface area (Å²) in [6.45, 7) is 8.90. The van der Waals surface area contributed by atoms with Crippen LogP contribution in [0, 0.1) is 13.8 Å². The van der Waals surface area contributed by atoms with Crippen LogP contribution in [0.2, 0.25) is 13.1 Å². The second kappa shape index (κ2) is 11.7. The van der Waals surface area contributed by atoms with Crippen LogP contribution in [0.25, 0.3) is 44.1 Å². The minimum atomic E-state index is -2.44. The number of pyridine rings is 4. The molecule has 0 aliphatic carbocycles. The van der Waals surface area contributed by atoms with E-state index in [4.69, 9.17) is 9.97 Å². The average Bonchev–Trinajstić information content (AvgIpc) is 3.33. The van der Waals surface area contributed by atoms with Crippen LogP contribution in [0.4, 0.5) is 0 Å². The number of nitrogens with zero attached hydrogens (tertiary/aromatic N) is 4. The highest BCUT2D eigenvalue weighted by molar-refractivity contribution is 7.13. The first-order chi connectivity index (χ1) is 21.9. The molecule has 0 atom stereocenters. The molecule has 4 aromatic heterocycles. The summed E-state index contributed by atoms with van der Waals surface area (Å²) in [5.41, 5.74) is 12.7. The smallest absolute Gasteiger partial charge is 0.119 e. The normalized spacial score (nSPS) is 14.2. The second-order valence-electron chi connectivity index (χ2n) is 12.0. The molecule has 0 saturated heterocycles. The Morgan fingerprint density at radius 2 is 0.800 bits per heavy atom. The molecule has 0 radical (unpaired) electrons. The summed E-state index contributed by atoms with van der Waals surface area (Å²) in [7, 11) is -2.44. The van der Waals surface area contributed by atoms with Gasteiger partial charge < -0.3 is 0 Å². The van der Waals surface area contributed by atoms with Gasteiger partial charge in [-0.3, -0.25) is 9.97 Å². The van der Waals surface area contributed by atoms with E-state index in [-0.39, 0.29) is 0 Å². The lowest BCUT2D eigenvalue weighted by molar-refractivity contribution is 1.19. The molecular formula is C40H34N4Si. The van der Waals surface area contributed by atoms with Crippen LogP contribution in [0.15, 0.2) is 134 Å². The fraction of sp³-hybridized carbons (Fsp3) is 0.100. The van der Waals surface area contributed by atoms with Gasteiger partial charge in [0.1, 0.15) is 8.07 Å². The Bertz CT molecular complexity index is 1910. The van der Waals surface area contributed by atoms with E-state index in [1.54, 1.807) is 0 Å². The van der Waals surface area contributed by atoms with Crippen LogP contribution in [0.3, 0.4) is 0 Å². The minimum Gasteiger partial charge on any atom is -0.261 e. The largest absolute Gasteiger partial charge is 0.261 e. The topological polar surface area (TPSA) is 51.6 Å². The summed E-state index contributed by atoms with van der Waals surface area (Å²) in [6, 6.07) is 42.6. The maximum atomic E-state index is 5.34. The van der Waals surface area contributed by atoms with Gasteiger partial charge in [0.25, 0.3) is 0 Å². The van der Waals surface area contributed by atoms with Crippen molar-refractivity contribution >= 4 is 29.6 Å². The summed E-state index contributed by atoms with van der Waals surface area (Å²) in [5, 5.41) is 2.63. The Kier molecular flexibility index (Phi) is 7.40. The first-order valence-electron chi connectivity index (χ1n) is 15.3. The molecule has 7 rings (SSSR count). The quantitative estimate of drug-likeness (QED) is 0.179. The van der Waals surface area contributed by atoms with E-state index < -0.39 is 8.07 Å². The summed E-state index contributed by atoms with van der Waals surface area (Å²) >= 11 is 0. The molecule has 4 nitrogen and oxygen atoms in total. The number of benzene rings is 2. The van der Waals surface area contributed by atoms with Crippen molar-refractivity contribution in [1.82, 2.24) is 19.9 Å². The van der Waals surface area contributed by atoms with Gasteiger partial charge in [-0.15, -0.1) is 0 Å². The van der Waals surface area contributed by atoms with Crippen molar-refractivity contribution in [2.24, 2.45) is 0 Å². The fourth-order valence-corrected chi connectivity index (χ4v) is 9.99. The van der Waals surface area contributed by atoms with Crippen LogP contribution in [-0.2, 0) is 0 Å². The van der Waals surface area contributed by atoms with Gasteiger partial charge in [-0.25, -0.2) is 9.97 Å². The predicted octanol–water partition coefficient (Wildman–Crippen LogP) is 9.54. The Morgan fingerprint density at radius 1 is 0.400 bits per heavy atom. The summed E-state index contributed by atoms with van der Waals surface area (Å²) in [6.07, 6.45) is 3.83. The van der Waals surface area contributed by atoms with E-state index in [1.165, 1.54) is 32.7 Å². The highest BCUT2D eigenvalue weighted by Crippen LogP contribution is 2.55. The van der Waals surface area contributed by atoms with E-state index in [0.29, 0.717) is 0 Å².